The summed E-state index contributed by atoms with van der Waals surface area (Å²) in [6, 6.07) is 0.574. The fraction of sp³-hybridized carbons (Fsp3) is 0.750. The molecule has 1 aromatic rings. The van der Waals surface area contributed by atoms with Crippen molar-refractivity contribution in [2.45, 2.75) is 34.1 Å². The highest BCUT2D eigenvalue weighted by atomic mass is 16.5. The van der Waals surface area contributed by atoms with Gasteiger partial charge in [0.2, 0.25) is 5.95 Å². The molecule has 0 aliphatic heterocycles. The Hall–Kier alpha value is -1.59. The normalized spacial score (nSPS) is 11.2. The van der Waals surface area contributed by atoms with Crippen LogP contribution in [0, 0.1) is 5.41 Å². The standard InChI is InChI=1S/C12H22N4O2/c1-6-17-10-14-9(13-5)15-11(16-10)18-8-7-12(2,3)4/h6-8H2,1-5H3,(H,13,14,15,16). The third-order valence-electron chi connectivity index (χ3n) is 2.17. The number of hydrogen-bond donors (Lipinski definition) is 1. The van der Waals surface area contributed by atoms with E-state index < -0.39 is 0 Å². The third-order valence-corrected chi connectivity index (χ3v) is 2.17. The van der Waals surface area contributed by atoms with E-state index in [9.17, 15) is 0 Å². The van der Waals surface area contributed by atoms with Gasteiger partial charge in [-0.15, -0.1) is 4.98 Å². The Morgan fingerprint density at radius 1 is 1.06 bits per heavy atom. The van der Waals surface area contributed by atoms with Crippen molar-refractivity contribution in [1.82, 2.24) is 15.0 Å². The van der Waals surface area contributed by atoms with Gasteiger partial charge in [0, 0.05) is 7.05 Å². The van der Waals surface area contributed by atoms with E-state index in [1.807, 2.05) is 6.92 Å². The number of nitrogens with one attached hydrogen (secondary N) is 1. The molecule has 1 heterocycles. The van der Waals surface area contributed by atoms with Crippen LogP contribution in [0.1, 0.15) is 34.1 Å². The van der Waals surface area contributed by atoms with Crippen molar-refractivity contribution in [2.75, 3.05) is 25.6 Å². The molecule has 0 spiro atoms. The van der Waals surface area contributed by atoms with E-state index in [-0.39, 0.29) is 11.4 Å². The number of anilines is 1. The quantitative estimate of drug-likeness (QED) is 0.838. The largest absolute Gasteiger partial charge is 0.464 e. The van der Waals surface area contributed by atoms with E-state index in [0.717, 1.165) is 6.42 Å². The Morgan fingerprint density at radius 3 is 2.17 bits per heavy atom. The fourth-order valence-corrected chi connectivity index (χ4v) is 1.16. The van der Waals surface area contributed by atoms with Crippen LogP contribution in [0.5, 0.6) is 12.0 Å². The van der Waals surface area contributed by atoms with Gasteiger partial charge < -0.3 is 14.8 Å². The first-order valence-corrected chi connectivity index (χ1v) is 6.14. The van der Waals surface area contributed by atoms with Crippen LogP contribution >= 0.6 is 0 Å². The van der Waals surface area contributed by atoms with Gasteiger partial charge in [-0.05, 0) is 18.8 Å². The van der Waals surface area contributed by atoms with E-state index in [2.05, 4.69) is 41.0 Å². The van der Waals surface area contributed by atoms with Crippen LogP contribution in [0.2, 0.25) is 0 Å². The van der Waals surface area contributed by atoms with E-state index in [4.69, 9.17) is 9.47 Å². The summed E-state index contributed by atoms with van der Waals surface area (Å²) in [7, 11) is 1.74. The molecule has 0 radical (unpaired) electrons. The van der Waals surface area contributed by atoms with Crippen molar-refractivity contribution >= 4 is 5.95 Å². The second-order valence-corrected chi connectivity index (χ2v) is 5.07. The van der Waals surface area contributed by atoms with Gasteiger partial charge >= 0.3 is 12.0 Å². The maximum absolute atomic E-state index is 5.53. The lowest BCUT2D eigenvalue weighted by molar-refractivity contribution is 0.223. The second kappa shape index (κ2) is 6.37. The Balaban J connectivity index is 2.66. The Labute approximate surface area is 108 Å². The second-order valence-electron chi connectivity index (χ2n) is 5.07. The first-order chi connectivity index (χ1) is 8.44. The molecule has 0 amide bonds. The SMILES string of the molecule is CCOc1nc(NC)nc(OCCC(C)(C)C)n1. The van der Waals surface area contributed by atoms with Gasteiger partial charge in [0.1, 0.15) is 0 Å². The summed E-state index contributed by atoms with van der Waals surface area (Å²) in [6.45, 7) is 9.44. The summed E-state index contributed by atoms with van der Waals surface area (Å²) in [5, 5.41) is 2.85. The van der Waals surface area contributed by atoms with Gasteiger partial charge in [0.25, 0.3) is 0 Å². The van der Waals surface area contributed by atoms with Crippen molar-refractivity contribution < 1.29 is 9.47 Å². The van der Waals surface area contributed by atoms with Gasteiger partial charge in [-0.2, -0.15) is 9.97 Å². The molecule has 0 saturated heterocycles. The van der Waals surface area contributed by atoms with Gasteiger partial charge in [-0.3, -0.25) is 0 Å². The molecule has 6 nitrogen and oxygen atoms in total. The van der Waals surface area contributed by atoms with Crippen LogP contribution in [0.15, 0.2) is 0 Å². The summed E-state index contributed by atoms with van der Waals surface area (Å²) >= 11 is 0. The predicted molar refractivity (Wildman–Crippen MR) is 70.1 cm³/mol. The molecular weight excluding hydrogens is 232 g/mol. The van der Waals surface area contributed by atoms with Crippen molar-refractivity contribution in [3.63, 3.8) is 0 Å². The van der Waals surface area contributed by atoms with Crippen molar-refractivity contribution in [1.29, 1.82) is 0 Å². The van der Waals surface area contributed by atoms with Crippen LogP contribution in [0.4, 0.5) is 5.95 Å². The minimum Gasteiger partial charge on any atom is -0.464 e. The molecule has 6 heteroatoms. The van der Waals surface area contributed by atoms with Crippen LogP contribution in [0.3, 0.4) is 0 Å². The molecule has 102 valence electrons. The van der Waals surface area contributed by atoms with E-state index >= 15 is 0 Å². The van der Waals surface area contributed by atoms with Crippen molar-refractivity contribution in [3.05, 3.63) is 0 Å². The summed E-state index contributed by atoms with van der Waals surface area (Å²) in [4.78, 5) is 12.3. The molecule has 0 atom stereocenters. The van der Waals surface area contributed by atoms with Crippen LogP contribution < -0.4 is 14.8 Å². The average Bonchev–Trinajstić information content (AvgIpc) is 2.27. The molecule has 1 N–H and O–H groups in total. The number of aromatic nitrogens is 3. The van der Waals surface area contributed by atoms with Gasteiger partial charge in [0.05, 0.1) is 13.2 Å². The highest BCUT2D eigenvalue weighted by Crippen LogP contribution is 2.19. The molecule has 18 heavy (non-hydrogen) atoms. The van der Waals surface area contributed by atoms with E-state index in [1.54, 1.807) is 7.05 Å². The van der Waals surface area contributed by atoms with Crippen molar-refractivity contribution in [2.24, 2.45) is 5.41 Å². The molecular formula is C12H22N4O2. The first-order valence-electron chi connectivity index (χ1n) is 6.14. The first kappa shape index (κ1) is 14.5. The Morgan fingerprint density at radius 2 is 1.67 bits per heavy atom. The topological polar surface area (TPSA) is 69.2 Å². The van der Waals surface area contributed by atoms with Crippen molar-refractivity contribution in [3.8, 4) is 12.0 Å². The molecule has 0 aromatic carbocycles. The lowest BCUT2D eigenvalue weighted by atomic mass is 9.93. The molecule has 1 aromatic heterocycles. The molecule has 0 unspecified atom stereocenters. The van der Waals surface area contributed by atoms with Crippen LogP contribution in [-0.4, -0.2) is 35.2 Å². The van der Waals surface area contributed by atoms with Crippen LogP contribution in [-0.2, 0) is 0 Å². The summed E-state index contributed by atoms with van der Waals surface area (Å²) in [5.74, 6) is 0.444. The monoisotopic (exact) mass is 254 g/mol. The highest BCUT2D eigenvalue weighted by Gasteiger charge is 2.12. The van der Waals surface area contributed by atoms with E-state index in [0.29, 0.717) is 25.2 Å². The Bertz CT molecular complexity index is 377. The zero-order chi connectivity index (χ0) is 13.6. The maximum Gasteiger partial charge on any atom is 0.324 e. The molecule has 0 fully saturated rings. The van der Waals surface area contributed by atoms with Gasteiger partial charge in [-0.25, -0.2) is 0 Å². The van der Waals surface area contributed by atoms with Crippen LogP contribution in [0.25, 0.3) is 0 Å². The number of ether oxygens (including phenoxy) is 2. The Kier molecular flexibility index (Phi) is 5.12. The molecule has 0 bridgehead atoms. The van der Waals surface area contributed by atoms with E-state index in [1.165, 1.54) is 0 Å². The number of nitrogens with zero attached hydrogens (tertiary/aromatic N) is 3. The summed E-state index contributed by atoms with van der Waals surface area (Å²) in [5.41, 5.74) is 0.224. The molecule has 0 aliphatic carbocycles. The van der Waals surface area contributed by atoms with Gasteiger partial charge in [-0.1, -0.05) is 20.8 Å². The summed E-state index contributed by atoms with van der Waals surface area (Å²) < 4.78 is 10.8. The fourth-order valence-electron chi connectivity index (χ4n) is 1.16. The average molecular weight is 254 g/mol. The number of hydrogen-bond acceptors (Lipinski definition) is 6. The van der Waals surface area contributed by atoms with Gasteiger partial charge in [0.15, 0.2) is 0 Å². The zero-order valence-electron chi connectivity index (χ0n) is 11.8. The number of rotatable bonds is 6. The molecule has 0 aliphatic rings. The molecule has 1 rings (SSSR count). The minimum atomic E-state index is 0.224. The highest BCUT2D eigenvalue weighted by molar-refractivity contribution is 5.26. The zero-order valence-corrected chi connectivity index (χ0v) is 11.8. The maximum atomic E-state index is 5.53. The third kappa shape index (κ3) is 5.16. The minimum absolute atomic E-state index is 0.224. The molecule has 0 saturated carbocycles. The lowest BCUT2D eigenvalue weighted by Crippen LogP contribution is -2.13. The summed E-state index contributed by atoms with van der Waals surface area (Å²) in [6.07, 6.45) is 0.928. The lowest BCUT2D eigenvalue weighted by Gasteiger charge is -2.17. The smallest absolute Gasteiger partial charge is 0.324 e. The predicted octanol–water partition coefficient (Wildman–Crippen LogP) is 2.13.